The van der Waals surface area contributed by atoms with E-state index in [2.05, 4.69) is 15.6 Å². The first kappa shape index (κ1) is 12.7. The van der Waals surface area contributed by atoms with Gasteiger partial charge in [0.2, 0.25) is 0 Å². The number of carbonyl (C=O) groups is 1. The van der Waals surface area contributed by atoms with E-state index in [4.69, 9.17) is 0 Å². The first-order chi connectivity index (χ1) is 9.75. The molecule has 1 aliphatic rings. The van der Waals surface area contributed by atoms with Gasteiger partial charge >= 0.3 is 0 Å². The van der Waals surface area contributed by atoms with E-state index in [0.717, 1.165) is 47.5 Å². The lowest BCUT2D eigenvalue weighted by molar-refractivity contribution is 0.102. The number of hydrogen-bond donors (Lipinski definition) is 2. The van der Waals surface area contributed by atoms with Crippen LogP contribution < -0.4 is 10.6 Å². The number of nitrogens with one attached hydrogen (secondary N) is 2. The number of amides is 1. The van der Waals surface area contributed by atoms with Crippen LogP contribution in [0.4, 0.5) is 11.4 Å². The van der Waals surface area contributed by atoms with Crippen LogP contribution in [-0.2, 0) is 6.42 Å². The summed E-state index contributed by atoms with van der Waals surface area (Å²) in [6, 6.07) is 7.72. The van der Waals surface area contributed by atoms with Crippen LogP contribution in [0.15, 0.2) is 36.7 Å². The Balaban J connectivity index is 1.90. The quantitative estimate of drug-likeness (QED) is 0.879. The van der Waals surface area contributed by atoms with E-state index in [0.29, 0.717) is 0 Å². The Morgan fingerprint density at radius 1 is 1.35 bits per heavy atom. The molecule has 1 aliphatic heterocycles. The summed E-state index contributed by atoms with van der Waals surface area (Å²) in [5.74, 6) is -0.0679. The normalized spacial score (nSPS) is 13.2. The van der Waals surface area contributed by atoms with Gasteiger partial charge in [-0.2, -0.15) is 0 Å². The standard InChI is InChI=1S/C16H17N3O/c1-11-7-9-17-10-15(11)19-16(20)13-4-2-6-14-12(13)5-3-8-18-14/h2,4,6-7,9-10,18H,3,5,8H2,1H3,(H,19,20). The zero-order chi connectivity index (χ0) is 13.9. The summed E-state index contributed by atoms with van der Waals surface area (Å²) < 4.78 is 0. The number of pyridine rings is 1. The molecule has 0 unspecified atom stereocenters. The fourth-order valence-electron chi connectivity index (χ4n) is 2.51. The van der Waals surface area contributed by atoms with Crippen molar-refractivity contribution < 1.29 is 4.79 Å². The molecule has 0 atom stereocenters. The third kappa shape index (κ3) is 2.37. The predicted molar refractivity (Wildman–Crippen MR) is 80.2 cm³/mol. The fraction of sp³-hybridized carbons (Fsp3) is 0.250. The van der Waals surface area contributed by atoms with Crippen LogP contribution in [0.2, 0.25) is 0 Å². The highest BCUT2D eigenvalue weighted by atomic mass is 16.1. The van der Waals surface area contributed by atoms with Crippen LogP contribution in [0.3, 0.4) is 0 Å². The first-order valence-corrected chi connectivity index (χ1v) is 6.83. The molecule has 0 radical (unpaired) electrons. The number of carbonyl (C=O) groups excluding carboxylic acids is 1. The molecule has 2 N–H and O–H groups in total. The van der Waals surface area contributed by atoms with Gasteiger partial charge in [-0.05, 0) is 49.1 Å². The molecule has 2 heterocycles. The highest BCUT2D eigenvalue weighted by Crippen LogP contribution is 2.26. The van der Waals surface area contributed by atoms with Crippen molar-refractivity contribution in [1.29, 1.82) is 0 Å². The second kappa shape index (κ2) is 5.33. The molecule has 0 fully saturated rings. The molecule has 0 spiro atoms. The lowest BCUT2D eigenvalue weighted by Crippen LogP contribution is -2.19. The summed E-state index contributed by atoms with van der Waals surface area (Å²) in [5.41, 5.74) is 4.71. The van der Waals surface area contributed by atoms with E-state index in [9.17, 15) is 4.79 Å². The minimum atomic E-state index is -0.0679. The van der Waals surface area contributed by atoms with Crippen LogP contribution in [0.5, 0.6) is 0 Å². The monoisotopic (exact) mass is 267 g/mol. The SMILES string of the molecule is Cc1ccncc1NC(=O)c1cccc2c1CCCN2. The summed E-state index contributed by atoms with van der Waals surface area (Å²) in [6.45, 7) is 2.93. The molecule has 0 saturated heterocycles. The van der Waals surface area contributed by atoms with Gasteiger partial charge in [0.15, 0.2) is 0 Å². The Bertz CT molecular complexity index is 652. The zero-order valence-electron chi connectivity index (χ0n) is 11.4. The van der Waals surface area contributed by atoms with Crippen molar-refractivity contribution >= 4 is 17.3 Å². The van der Waals surface area contributed by atoms with E-state index in [1.165, 1.54) is 0 Å². The summed E-state index contributed by atoms with van der Waals surface area (Å²) in [4.78, 5) is 16.5. The van der Waals surface area contributed by atoms with Crippen molar-refractivity contribution in [2.75, 3.05) is 17.2 Å². The van der Waals surface area contributed by atoms with Crippen LogP contribution in [0, 0.1) is 6.92 Å². The van der Waals surface area contributed by atoms with E-state index in [-0.39, 0.29) is 5.91 Å². The number of benzene rings is 1. The van der Waals surface area contributed by atoms with Crippen molar-refractivity contribution in [3.8, 4) is 0 Å². The second-order valence-electron chi connectivity index (χ2n) is 5.01. The maximum Gasteiger partial charge on any atom is 0.256 e. The molecule has 20 heavy (non-hydrogen) atoms. The van der Waals surface area contributed by atoms with Crippen LogP contribution in [0.1, 0.15) is 27.9 Å². The van der Waals surface area contributed by atoms with Crippen molar-refractivity contribution in [1.82, 2.24) is 4.98 Å². The average molecular weight is 267 g/mol. The molecule has 4 heteroatoms. The van der Waals surface area contributed by atoms with Crippen molar-refractivity contribution in [3.05, 3.63) is 53.3 Å². The maximum atomic E-state index is 12.5. The zero-order valence-corrected chi connectivity index (χ0v) is 11.4. The third-order valence-corrected chi connectivity index (χ3v) is 3.63. The number of hydrogen-bond acceptors (Lipinski definition) is 3. The van der Waals surface area contributed by atoms with Gasteiger partial charge < -0.3 is 10.6 Å². The third-order valence-electron chi connectivity index (χ3n) is 3.63. The molecule has 0 saturated carbocycles. The van der Waals surface area contributed by atoms with E-state index < -0.39 is 0 Å². The van der Waals surface area contributed by atoms with Crippen LogP contribution in [0.25, 0.3) is 0 Å². The molecule has 0 aliphatic carbocycles. The highest BCUT2D eigenvalue weighted by Gasteiger charge is 2.17. The minimum absolute atomic E-state index is 0.0679. The predicted octanol–water partition coefficient (Wildman–Crippen LogP) is 3.00. The molecule has 1 aromatic carbocycles. The molecule has 3 rings (SSSR count). The molecule has 0 bridgehead atoms. The summed E-state index contributed by atoms with van der Waals surface area (Å²) >= 11 is 0. The van der Waals surface area contributed by atoms with E-state index in [1.807, 2.05) is 31.2 Å². The molecule has 4 nitrogen and oxygen atoms in total. The molecular weight excluding hydrogens is 250 g/mol. The number of fused-ring (bicyclic) bond motifs is 1. The van der Waals surface area contributed by atoms with Gasteiger partial charge in [0.05, 0.1) is 11.9 Å². The second-order valence-corrected chi connectivity index (χ2v) is 5.01. The first-order valence-electron chi connectivity index (χ1n) is 6.83. The van der Waals surface area contributed by atoms with Crippen LogP contribution >= 0.6 is 0 Å². The maximum absolute atomic E-state index is 12.5. The minimum Gasteiger partial charge on any atom is -0.385 e. The van der Waals surface area contributed by atoms with Crippen LogP contribution in [-0.4, -0.2) is 17.4 Å². The number of aromatic nitrogens is 1. The highest BCUT2D eigenvalue weighted by molar-refractivity contribution is 6.06. The van der Waals surface area contributed by atoms with Gasteiger partial charge in [-0.25, -0.2) is 0 Å². The van der Waals surface area contributed by atoms with E-state index in [1.54, 1.807) is 12.4 Å². The Morgan fingerprint density at radius 3 is 3.10 bits per heavy atom. The molecular formula is C16H17N3O. The Hall–Kier alpha value is -2.36. The van der Waals surface area contributed by atoms with Crippen molar-refractivity contribution in [3.63, 3.8) is 0 Å². The summed E-state index contributed by atoms with van der Waals surface area (Å²) in [6.07, 6.45) is 5.40. The fourth-order valence-corrected chi connectivity index (χ4v) is 2.51. The largest absolute Gasteiger partial charge is 0.385 e. The summed E-state index contributed by atoms with van der Waals surface area (Å²) in [5, 5.41) is 6.29. The number of anilines is 2. The lowest BCUT2D eigenvalue weighted by Gasteiger charge is -2.20. The average Bonchev–Trinajstić information content (AvgIpc) is 2.49. The summed E-state index contributed by atoms with van der Waals surface area (Å²) in [7, 11) is 0. The van der Waals surface area contributed by atoms with E-state index >= 15 is 0 Å². The van der Waals surface area contributed by atoms with Gasteiger partial charge in [0, 0.05) is 24.0 Å². The van der Waals surface area contributed by atoms with Gasteiger partial charge in [-0.15, -0.1) is 0 Å². The molecule has 1 aromatic heterocycles. The number of aryl methyl sites for hydroxylation is 1. The van der Waals surface area contributed by atoms with Gasteiger partial charge in [-0.3, -0.25) is 9.78 Å². The number of rotatable bonds is 2. The van der Waals surface area contributed by atoms with Gasteiger partial charge in [0.1, 0.15) is 0 Å². The topological polar surface area (TPSA) is 54.0 Å². The Morgan fingerprint density at radius 2 is 2.25 bits per heavy atom. The van der Waals surface area contributed by atoms with Crippen molar-refractivity contribution in [2.45, 2.75) is 19.8 Å². The Labute approximate surface area is 118 Å². The Kier molecular flexibility index (Phi) is 3.37. The molecule has 1 amide bonds. The molecule has 102 valence electrons. The van der Waals surface area contributed by atoms with Gasteiger partial charge in [0.25, 0.3) is 5.91 Å². The molecule has 2 aromatic rings. The smallest absolute Gasteiger partial charge is 0.256 e. The number of nitrogens with zero attached hydrogens (tertiary/aromatic N) is 1. The lowest BCUT2D eigenvalue weighted by atomic mass is 9.97. The van der Waals surface area contributed by atoms with Crippen molar-refractivity contribution in [2.24, 2.45) is 0 Å². The van der Waals surface area contributed by atoms with Gasteiger partial charge in [-0.1, -0.05) is 6.07 Å².